The lowest BCUT2D eigenvalue weighted by atomic mass is 10.2. The summed E-state index contributed by atoms with van der Waals surface area (Å²) in [5, 5.41) is 26.5. The van der Waals surface area contributed by atoms with Gasteiger partial charge in [0.05, 0.1) is 16.8 Å². The van der Waals surface area contributed by atoms with Gasteiger partial charge in [-0.05, 0) is 25.1 Å². The molecule has 0 bridgehead atoms. The maximum atomic E-state index is 9.78. The highest BCUT2D eigenvalue weighted by atomic mass is 32.1. The van der Waals surface area contributed by atoms with Crippen molar-refractivity contribution in [3.05, 3.63) is 23.2 Å². The predicted molar refractivity (Wildman–Crippen MR) is 70.5 cm³/mol. The van der Waals surface area contributed by atoms with Gasteiger partial charge in [-0.2, -0.15) is 0 Å². The van der Waals surface area contributed by atoms with Gasteiger partial charge in [0.15, 0.2) is 0 Å². The van der Waals surface area contributed by atoms with Crippen LogP contribution in [0.2, 0.25) is 0 Å². The van der Waals surface area contributed by atoms with E-state index in [9.17, 15) is 10.2 Å². The van der Waals surface area contributed by atoms with Crippen LogP contribution >= 0.6 is 11.3 Å². The van der Waals surface area contributed by atoms with Crippen LogP contribution in [0.25, 0.3) is 10.2 Å². The number of aromatic nitrogens is 1. The molecule has 2 aromatic rings. The standard InChI is InChI=1S/C12H14N2O3S/c1-2-17-7-3-4-8-10(5-7)18-12(14-8)11(16)9(15)6-13/h3-6,9,11,13,15-16H,2H2,1H3. The summed E-state index contributed by atoms with van der Waals surface area (Å²) >= 11 is 1.28. The van der Waals surface area contributed by atoms with Gasteiger partial charge in [0.2, 0.25) is 0 Å². The first-order valence-corrected chi connectivity index (χ1v) is 6.37. The van der Waals surface area contributed by atoms with Crippen LogP contribution in [0.3, 0.4) is 0 Å². The average Bonchev–Trinajstić information content (AvgIpc) is 2.80. The molecular formula is C12H14N2O3S. The van der Waals surface area contributed by atoms with Crippen molar-refractivity contribution in [2.24, 2.45) is 0 Å². The Morgan fingerprint density at radius 1 is 1.50 bits per heavy atom. The number of nitrogens with one attached hydrogen (secondary N) is 1. The molecule has 1 heterocycles. The molecule has 6 heteroatoms. The Kier molecular flexibility index (Phi) is 3.90. The molecule has 3 N–H and O–H groups in total. The number of benzene rings is 1. The van der Waals surface area contributed by atoms with E-state index in [0.29, 0.717) is 11.6 Å². The van der Waals surface area contributed by atoms with E-state index in [2.05, 4.69) is 4.98 Å². The first-order chi connectivity index (χ1) is 8.65. The van der Waals surface area contributed by atoms with E-state index in [1.54, 1.807) is 0 Å². The van der Waals surface area contributed by atoms with Gasteiger partial charge in [0, 0.05) is 6.21 Å². The maximum absolute atomic E-state index is 9.78. The van der Waals surface area contributed by atoms with Crippen LogP contribution in [0, 0.1) is 5.41 Å². The van der Waals surface area contributed by atoms with E-state index in [0.717, 1.165) is 22.2 Å². The summed E-state index contributed by atoms with van der Waals surface area (Å²) < 4.78 is 6.26. The smallest absolute Gasteiger partial charge is 0.136 e. The van der Waals surface area contributed by atoms with Gasteiger partial charge in [-0.3, -0.25) is 0 Å². The number of thiazole rings is 1. The van der Waals surface area contributed by atoms with Crippen molar-refractivity contribution in [3.8, 4) is 5.75 Å². The highest BCUT2D eigenvalue weighted by Crippen LogP contribution is 2.30. The van der Waals surface area contributed by atoms with Crippen molar-refractivity contribution in [2.75, 3.05) is 6.61 Å². The quantitative estimate of drug-likeness (QED) is 0.719. The number of fused-ring (bicyclic) bond motifs is 1. The Balaban J connectivity index is 2.34. The third-order valence-electron chi connectivity index (χ3n) is 2.43. The molecule has 0 spiro atoms. The second-order valence-corrected chi connectivity index (χ2v) is 4.78. The second kappa shape index (κ2) is 5.43. The van der Waals surface area contributed by atoms with Crippen molar-refractivity contribution < 1.29 is 14.9 Å². The number of hydrogen-bond acceptors (Lipinski definition) is 6. The van der Waals surface area contributed by atoms with Gasteiger partial charge < -0.3 is 20.4 Å². The molecule has 1 aromatic heterocycles. The highest BCUT2D eigenvalue weighted by molar-refractivity contribution is 7.18. The molecule has 0 aliphatic carbocycles. The summed E-state index contributed by atoms with van der Waals surface area (Å²) in [6.45, 7) is 2.50. The van der Waals surface area contributed by atoms with Crippen molar-refractivity contribution >= 4 is 27.8 Å². The predicted octanol–water partition coefficient (Wildman–Crippen LogP) is 1.74. The maximum Gasteiger partial charge on any atom is 0.136 e. The zero-order valence-corrected chi connectivity index (χ0v) is 10.6. The van der Waals surface area contributed by atoms with E-state index in [-0.39, 0.29) is 0 Å². The van der Waals surface area contributed by atoms with Gasteiger partial charge in [-0.15, -0.1) is 11.3 Å². The van der Waals surface area contributed by atoms with Crippen molar-refractivity contribution in [1.29, 1.82) is 5.41 Å². The minimum Gasteiger partial charge on any atom is -0.494 e. The van der Waals surface area contributed by atoms with Crippen LogP contribution in [0.4, 0.5) is 0 Å². The summed E-state index contributed by atoms with van der Waals surface area (Å²) in [5.74, 6) is 0.752. The summed E-state index contributed by atoms with van der Waals surface area (Å²) in [5.41, 5.74) is 0.745. The van der Waals surface area contributed by atoms with Crippen LogP contribution < -0.4 is 4.74 Å². The van der Waals surface area contributed by atoms with Gasteiger partial charge in [0.1, 0.15) is 23.0 Å². The van der Waals surface area contributed by atoms with Crippen LogP contribution in [-0.2, 0) is 0 Å². The number of aliphatic hydroxyl groups is 2. The van der Waals surface area contributed by atoms with E-state index >= 15 is 0 Å². The molecular weight excluding hydrogens is 252 g/mol. The molecule has 18 heavy (non-hydrogen) atoms. The Bertz CT molecular complexity index is 555. The minimum absolute atomic E-state index is 0.398. The molecule has 2 unspecified atom stereocenters. The zero-order chi connectivity index (χ0) is 13.1. The van der Waals surface area contributed by atoms with Gasteiger partial charge in [-0.1, -0.05) is 0 Å². The highest BCUT2D eigenvalue weighted by Gasteiger charge is 2.20. The van der Waals surface area contributed by atoms with E-state index in [1.165, 1.54) is 11.3 Å². The van der Waals surface area contributed by atoms with Gasteiger partial charge in [-0.25, -0.2) is 4.98 Å². The SMILES string of the molecule is CCOc1ccc2nc(C(O)C(O)C=N)sc2c1. The molecule has 0 saturated carbocycles. The lowest BCUT2D eigenvalue weighted by molar-refractivity contribution is 0.0623. The molecule has 2 atom stereocenters. The lowest BCUT2D eigenvalue weighted by Gasteiger charge is -2.09. The molecule has 0 amide bonds. The summed E-state index contributed by atoms with van der Waals surface area (Å²) in [6, 6.07) is 5.47. The first kappa shape index (κ1) is 12.9. The minimum atomic E-state index is -1.23. The summed E-state index contributed by atoms with van der Waals surface area (Å²) in [4.78, 5) is 4.23. The molecule has 1 aromatic carbocycles. The Morgan fingerprint density at radius 3 is 2.94 bits per heavy atom. The normalized spacial score (nSPS) is 14.4. The molecule has 0 fully saturated rings. The van der Waals surface area contributed by atoms with E-state index in [4.69, 9.17) is 10.1 Å². The molecule has 0 aliphatic heterocycles. The fraction of sp³-hybridized carbons (Fsp3) is 0.333. The summed E-state index contributed by atoms with van der Waals surface area (Å²) in [7, 11) is 0. The second-order valence-electron chi connectivity index (χ2n) is 3.72. The number of aliphatic hydroxyl groups excluding tert-OH is 2. The number of rotatable bonds is 5. The summed E-state index contributed by atoms with van der Waals surface area (Å²) in [6.07, 6.45) is -1.59. The monoisotopic (exact) mass is 266 g/mol. The molecule has 0 saturated heterocycles. The number of hydrogen-bond donors (Lipinski definition) is 3. The zero-order valence-electron chi connectivity index (χ0n) is 9.83. The van der Waals surface area contributed by atoms with E-state index < -0.39 is 12.2 Å². The Morgan fingerprint density at radius 2 is 2.28 bits per heavy atom. The van der Waals surface area contributed by atoms with Crippen molar-refractivity contribution in [3.63, 3.8) is 0 Å². The molecule has 5 nitrogen and oxygen atoms in total. The number of ether oxygens (including phenoxy) is 1. The first-order valence-electron chi connectivity index (χ1n) is 5.55. The van der Waals surface area contributed by atoms with Crippen molar-refractivity contribution in [1.82, 2.24) is 4.98 Å². The van der Waals surface area contributed by atoms with Crippen molar-refractivity contribution in [2.45, 2.75) is 19.1 Å². The van der Waals surface area contributed by atoms with Gasteiger partial charge in [0.25, 0.3) is 0 Å². The largest absolute Gasteiger partial charge is 0.494 e. The van der Waals surface area contributed by atoms with Crippen LogP contribution in [0.15, 0.2) is 18.2 Å². The number of nitrogens with zero attached hydrogens (tertiary/aromatic N) is 1. The topological polar surface area (TPSA) is 86.4 Å². The van der Waals surface area contributed by atoms with E-state index in [1.807, 2.05) is 25.1 Å². The fourth-order valence-electron chi connectivity index (χ4n) is 1.54. The third kappa shape index (κ3) is 2.50. The Labute approximate surface area is 108 Å². The van der Waals surface area contributed by atoms with Crippen LogP contribution in [0.1, 0.15) is 18.0 Å². The third-order valence-corrected chi connectivity index (χ3v) is 3.52. The van der Waals surface area contributed by atoms with Crippen LogP contribution in [0.5, 0.6) is 5.75 Å². The molecule has 0 radical (unpaired) electrons. The Hall–Kier alpha value is -1.50. The lowest BCUT2D eigenvalue weighted by Crippen LogP contribution is -2.18. The fourth-order valence-corrected chi connectivity index (χ4v) is 2.57. The molecule has 96 valence electrons. The molecule has 2 rings (SSSR count). The van der Waals surface area contributed by atoms with Gasteiger partial charge >= 0.3 is 0 Å². The van der Waals surface area contributed by atoms with Crippen LogP contribution in [-0.4, -0.2) is 34.1 Å². The molecule has 0 aliphatic rings. The average molecular weight is 266 g/mol.